The molecule has 86 valence electrons. The molecular weight excluding hydrogens is 217 g/mol. The van der Waals surface area contributed by atoms with Gasteiger partial charge < -0.3 is 0 Å². The van der Waals surface area contributed by atoms with E-state index in [0.29, 0.717) is 6.92 Å². The third kappa shape index (κ3) is 3.71. The van der Waals surface area contributed by atoms with Crippen LogP contribution in [0.25, 0.3) is 0 Å². The Balaban J connectivity index is 4.18. The van der Waals surface area contributed by atoms with Crippen LogP contribution < -0.4 is 0 Å². The van der Waals surface area contributed by atoms with Gasteiger partial charge in [0, 0.05) is 12.8 Å². The Kier molecular flexibility index (Phi) is 4.20. The number of hydrogen-bond donors (Lipinski definition) is 0. The summed E-state index contributed by atoms with van der Waals surface area (Å²) < 4.78 is 84.1. The molecule has 0 aliphatic carbocycles. The summed E-state index contributed by atoms with van der Waals surface area (Å²) in [5.74, 6) is -8.48. The monoisotopic (exact) mass is 226 g/mol. The first kappa shape index (κ1) is 13.5. The third-order valence-corrected chi connectivity index (χ3v) is 1.69. The Morgan fingerprint density at radius 2 is 1.21 bits per heavy atom. The zero-order valence-corrected chi connectivity index (χ0v) is 7.21. The van der Waals surface area contributed by atoms with Crippen molar-refractivity contribution in [3.05, 3.63) is 0 Å². The van der Waals surface area contributed by atoms with Gasteiger partial charge in [0.1, 0.15) is 0 Å². The fourth-order valence-corrected chi connectivity index (χ4v) is 0.641. The molecule has 14 heavy (non-hydrogen) atoms. The van der Waals surface area contributed by atoms with E-state index in [9.17, 15) is 30.7 Å². The lowest BCUT2D eigenvalue weighted by Gasteiger charge is -2.21. The van der Waals surface area contributed by atoms with Crippen LogP contribution in [0, 0.1) is 0 Å². The first-order valence-corrected chi connectivity index (χ1v) is 3.77. The molecule has 0 bridgehead atoms. The van der Waals surface area contributed by atoms with Gasteiger partial charge in [-0.05, 0) is 6.92 Å². The van der Waals surface area contributed by atoms with E-state index in [1.807, 2.05) is 0 Å². The summed E-state index contributed by atoms with van der Waals surface area (Å²) >= 11 is 0. The highest BCUT2D eigenvalue weighted by molar-refractivity contribution is 4.78. The standard InChI is InChI=1S/C7H9F7/c1-4(8)6(11,12)2-3-7(13,14)5(9)10/h4-5H,2-3H2,1H3. The molecule has 0 aliphatic rings. The van der Waals surface area contributed by atoms with Crippen LogP contribution in [-0.4, -0.2) is 24.4 Å². The Bertz CT molecular complexity index is 155. The van der Waals surface area contributed by atoms with Crippen LogP contribution in [0.1, 0.15) is 19.8 Å². The van der Waals surface area contributed by atoms with Gasteiger partial charge in [-0.3, -0.25) is 0 Å². The Morgan fingerprint density at radius 3 is 1.50 bits per heavy atom. The molecule has 0 radical (unpaired) electrons. The second kappa shape index (κ2) is 4.35. The smallest absolute Gasteiger partial charge is 0.241 e. The van der Waals surface area contributed by atoms with Crippen LogP contribution in [0.5, 0.6) is 0 Å². The van der Waals surface area contributed by atoms with Crippen molar-refractivity contribution < 1.29 is 30.7 Å². The lowest BCUT2D eigenvalue weighted by molar-refractivity contribution is -0.154. The molecule has 0 saturated heterocycles. The predicted molar refractivity (Wildman–Crippen MR) is 35.7 cm³/mol. The van der Waals surface area contributed by atoms with Crippen molar-refractivity contribution in [1.29, 1.82) is 0 Å². The van der Waals surface area contributed by atoms with Crippen molar-refractivity contribution in [3.8, 4) is 0 Å². The van der Waals surface area contributed by atoms with Crippen molar-refractivity contribution in [1.82, 2.24) is 0 Å². The van der Waals surface area contributed by atoms with Crippen molar-refractivity contribution in [2.24, 2.45) is 0 Å². The minimum atomic E-state index is -4.49. The lowest BCUT2D eigenvalue weighted by Crippen LogP contribution is -2.33. The molecule has 0 rings (SSSR count). The van der Waals surface area contributed by atoms with Crippen molar-refractivity contribution in [3.63, 3.8) is 0 Å². The van der Waals surface area contributed by atoms with Gasteiger partial charge in [0.05, 0.1) is 0 Å². The molecule has 0 N–H and O–H groups in total. The zero-order chi connectivity index (χ0) is 11.6. The molecule has 0 nitrogen and oxygen atoms in total. The molecule has 0 aromatic rings. The topological polar surface area (TPSA) is 0 Å². The minimum absolute atomic E-state index is 0.487. The average Bonchev–Trinajstić information content (AvgIpc) is 2.01. The number of hydrogen-bond acceptors (Lipinski definition) is 0. The number of rotatable bonds is 5. The summed E-state index contributed by atoms with van der Waals surface area (Å²) in [7, 11) is 0. The van der Waals surface area contributed by atoms with Crippen LogP contribution in [0.15, 0.2) is 0 Å². The van der Waals surface area contributed by atoms with Gasteiger partial charge in [0.15, 0.2) is 6.17 Å². The summed E-state index contributed by atoms with van der Waals surface area (Å²) in [6, 6.07) is 0. The molecule has 0 aliphatic heterocycles. The Hall–Kier alpha value is -0.490. The third-order valence-electron chi connectivity index (χ3n) is 1.69. The largest absolute Gasteiger partial charge is 0.307 e. The maximum atomic E-state index is 12.4. The number of halogens is 7. The predicted octanol–water partition coefficient (Wildman–Crippen LogP) is 3.66. The molecule has 1 unspecified atom stereocenters. The molecule has 7 heteroatoms. The minimum Gasteiger partial charge on any atom is -0.241 e. The summed E-state index contributed by atoms with van der Waals surface area (Å²) in [6.45, 7) is 0.487. The molecule has 1 atom stereocenters. The maximum absolute atomic E-state index is 12.4. The summed E-state index contributed by atoms with van der Waals surface area (Å²) in [5.41, 5.74) is 0. The van der Waals surface area contributed by atoms with Crippen LogP contribution in [0.3, 0.4) is 0 Å². The molecule has 0 aromatic carbocycles. The van der Waals surface area contributed by atoms with E-state index >= 15 is 0 Å². The zero-order valence-electron chi connectivity index (χ0n) is 7.21. The molecular formula is C7H9F7. The molecule has 0 spiro atoms. The second-order valence-electron chi connectivity index (χ2n) is 2.94. The summed E-state index contributed by atoms with van der Waals surface area (Å²) in [4.78, 5) is 0. The van der Waals surface area contributed by atoms with Crippen LogP contribution in [0.4, 0.5) is 30.7 Å². The van der Waals surface area contributed by atoms with Crippen LogP contribution in [-0.2, 0) is 0 Å². The molecule has 0 fully saturated rings. The van der Waals surface area contributed by atoms with Gasteiger partial charge in [-0.1, -0.05) is 0 Å². The average molecular weight is 226 g/mol. The van der Waals surface area contributed by atoms with E-state index < -0.39 is 37.3 Å². The van der Waals surface area contributed by atoms with E-state index in [0.717, 1.165) is 0 Å². The van der Waals surface area contributed by atoms with Gasteiger partial charge >= 0.3 is 12.3 Å². The van der Waals surface area contributed by atoms with Crippen molar-refractivity contribution >= 4 is 0 Å². The molecule has 0 saturated carbocycles. The summed E-state index contributed by atoms with van der Waals surface area (Å²) in [5, 5.41) is 0. The number of alkyl halides is 7. The highest BCUT2D eigenvalue weighted by Gasteiger charge is 2.45. The van der Waals surface area contributed by atoms with Gasteiger partial charge in [-0.15, -0.1) is 0 Å². The van der Waals surface area contributed by atoms with E-state index in [-0.39, 0.29) is 0 Å². The van der Waals surface area contributed by atoms with Crippen LogP contribution in [0.2, 0.25) is 0 Å². The second-order valence-corrected chi connectivity index (χ2v) is 2.94. The fourth-order valence-electron chi connectivity index (χ4n) is 0.641. The Morgan fingerprint density at radius 1 is 0.857 bits per heavy atom. The maximum Gasteiger partial charge on any atom is 0.307 e. The highest BCUT2D eigenvalue weighted by Crippen LogP contribution is 2.34. The lowest BCUT2D eigenvalue weighted by atomic mass is 10.1. The van der Waals surface area contributed by atoms with Gasteiger partial charge in [-0.2, -0.15) is 0 Å². The van der Waals surface area contributed by atoms with E-state index in [1.54, 1.807) is 0 Å². The highest BCUT2D eigenvalue weighted by atomic mass is 19.3. The van der Waals surface area contributed by atoms with Crippen molar-refractivity contribution in [2.75, 3.05) is 0 Å². The first-order valence-electron chi connectivity index (χ1n) is 3.77. The quantitative estimate of drug-likeness (QED) is 0.627. The van der Waals surface area contributed by atoms with Gasteiger partial charge in [0.2, 0.25) is 0 Å². The van der Waals surface area contributed by atoms with Crippen LogP contribution >= 0.6 is 0 Å². The SMILES string of the molecule is CC(F)C(F)(F)CCC(F)(F)C(F)F. The fraction of sp³-hybridized carbons (Fsp3) is 1.00. The molecule has 0 amide bonds. The normalized spacial score (nSPS) is 16.1. The van der Waals surface area contributed by atoms with E-state index in [1.165, 1.54) is 0 Å². The molecule has 0 aromatic heterocycles. The molecule has 0 heterocycles. The summed E-state index contributed by atoms with van der Waals surface area (Å²) in [6.07, 6.45) is -9.96. The van der Waals surface area contributed by atoms with E-state index in [2.05, 4.69) is 0 Å². The van der Waals surface area contributed by atoms with Gasteiger partial charge in [0.25, 0.3) is 5.92 Å². The van der Waals surface area contributed by atoms with E-state index in [4.69, 9.17) is 0 Å². The first-order chi connectivity index (χ1) is 6.09. The van der Waals surface area contributed by atoms with Crippen molar-refractivity contribution in [2.45, 2.75) is 44.2 Å². The van der Waals surface area contributed by atoms with Gasteiger partial charge in [-0.25, -0.2) is 30.7 Å². The Labute approximate surface area is 76.1 Å².